The zero-order chi connectivity index (χ0) is 21.5. The second-order valence-corrected chi connectivity index (χ2v) is 9.27. The zero-order valence-electron chi connectivity index (χ0n) is 17.6. The molecule has 0 aliphatic heterocycles. The van der Waals surface area contributed by atoms with Gasteiger partial charge in [0.15, 0.2) is 0 Å². The fraction of sp³-hybridized carbons (Fsp3) is 0.600. The molecular formula is C20H32N2O5S. The average Bonchev–Trinajstić information content (AvgIpc) is 2.64. The molecule has 1 atom stereocenters. The van der Waals surface area contributed by atoms with Crippen molar-refractivity contribution >= 4 is 21.9 Å². The smallest absolute Gasteiger partial charge is 0.328 e. The molecule has 0 aliphatic carbocycles. The lowest BCUT2D eigenvalue weighted by atomic mass is 10.0. The molecule has 8 heteroatoms. The minimum atomic E-state index is -3.67. The molecule has 0 heterocycles. The summed E-state index contributed by atoms with van der Waals surface area (Å²) in [7, 11) is -3.67. The van der Waals surface area contributed by atoms with Crippen LogP contribution < -0.4 is 5.32 Å². The number of nitrogens with zero attached hydrogens (tertiary/aromatic N) is 1. The molecule has 7 nitrogen and oxygen atoms in total. The Labute approximate surface area is 168 Å². The highest BCUT2D eigenvalue weighted by Gasteiger charge is 2.27. The Kier molecular flexibility index (Phi) is 9.10. The number of esters is 1. The number of nitrogens with one attached hydrogen (secondary N) is 1. The molecule has 0 bridgehead atoms. The van der Waals surface area contributed by atoms with Crippen molar-refractivity contribution in [2.75, 3.05) is 19.7 Å². The minimum absolute atomic E-state index is 0.0485. The van der Waals surface area contributed by atoms with E-state index in [-0.39, 0.29) is 28.9 Å². The number of carbonyl (C=O) groups excluding carboxylic acids is 2. The summed E-state index contributed by atoms with van der Waals surface area (Å²) in [5, 5.41) is 2.67. The maximum atomic E-state index is 12.7. The van der Waals surface area contributed by atoms with Crippen molar-refractivity contribution in [3.8, 4) is 0 Å². The van der Waals surface area contributed by atoms with Crippen LogP contribution in [0.5, 0.6) is 0 Å². The summed E-state index contributed by atoms with van der Waals surface area (Å²) in [6.45, 7) is 11.9. The maximum absolute atomic E-state index is 12.7. The molecule has 158 valence electrons. The van der Waals surface area contributed by atoms with Crippen molar-refractivity contribution in [3.63, 3.8) is 0 Å². The highest BCUT2D eigenvalue weighted by Crippen LogP contribution is 2.17. The van der Waals surface area contributed by atoms with E-state index < -0.39 is 27.9 Å². The Morgan fingerprint density at radius 1 is 1.11 bits per heavy atom. The van der Waals surface area contributed by atoms with Crippen molar-refractivity contribution < 1.29 is 22.7 Å². The molecule has 1 N–H and O–H groups in total. The van der Waals surface area contributed by atoms with Gasteiger partial charge >= 0.3 is 5.97 Å². The van der Waals surface area contributed by atoms with Gasteiger partial charge in [0.25, 0.3) is 5.91 Å². The fourth-order valence-corrected chi connectivity index (χ4v) is 4.08. The molecule has 1 aromatic carbocycles. The topological polar surface area (TPSA) is 92.8 Å². The first-order valence-corrected chi connectivity index (χ1v) is 11.1. The van der Waals surface area contributed by atoms with Gasteiger partial charge in [-0.15, -0.1) is 0 Å². The van der Waals surface area contributed by atoms with Gasteiger partial charge < -0.3 is 10.1 Å². The zero-order valence-corrected chi connectivity index (χ0v) is 18.4. The van der Waals surface area contributed by atoms with Crippen LogP contribution in [-0.4, -0.2) is 50.3 Å². The van der Waals surface area contributed by atoms with Gasteiger partial charge in [-0.3, -0.25) is 4.79 Å². The van der Waals surface area contributed by atoms with Gasteiger partial charge in [0, 0.05) is 18.7 Å². The van der Waals surface area contributed by atoms with Crippen LogP contribution in [0.1, 0.15) is 51.9 Å². The third-order valence-corrected chi connectivity index (χ3v) is 6.25. The van der Waals surface area contributed by atoms with E-state index in [1.807, 2.05) is 27.7 Å². The Morgan fingerprint density at radius 2 is 1.71 bits per heavy atom. The van der Waals surface area contributed by atoms with Crippen LogP contribution >= 0.6 is 0 Å². The summed E-state index contributed by atoms with van der Waals surface area (Å²) in [5.74, 6) is -0.999. The quantitative estimate of drug-likeness (QED) is 0.597. The van der Waals surface area contributed by atoms with Gasteiger partial charge in [0.1, 0.15) is 6.04 Å². The van der Waals surface area contributed by atoms with Gasteiger partial charge in [0.2, 0.25) is 10.0 Å². The Bertz CT molecular complexity index is 771. The van der Waals surface area contributed by atoms with E-state index in [0.717, 1.165) is 0 Å². The molecule has 0 saturated heterocycles. The number of amides is 1. The van der Waals surface area contributed by atoms with Crippen molar-refractivity contribution in [1.82, 2.24) is 9.62 Å². The highest BCUT2D eigenvalue weighted by molar-refractivity contribution is 7.89. The van der Waals surface area contributed by atoms with E-state index in [1.165, 1.54) is 28.6 Å². The average molecular weight is 413 g/mol. The molecule has 28 heavy (non-hydrogen) atoms. The van der Waals surface area contributed by atoms with E-state index in [0.29, 0.717) is 13.1 Å². The Morgan fingerprint density at radius 3 is 2.21 bits per heavy atom. The third kappa shape index (κ3) is 6.31. The van der Waals surface area contributed by atoms with Crippen LogP contribution in [0.15, 0.2) is 29.2 Å². The van der Waals surface area contributed by atoms with E-state index in [4.69, 9.17) is 4.74 Å². The lowest BCUT2D eigenvalue weighted by Gasteiger charge is -2.22. The van der Waals surface area contributed by atoms with Crippen LogP contribution in [0.4, 0.5) is 0 Å². The molecule has 0 unspecified atom stereocenters. The van der Waals surface area contributed by atoms with Gasteiger partial charge in [-0.1, -0.05) is 47.6 Å². The second-order valence-electron chi connectivity index (χ2n) is 7.34. The molecule has 1 amide bonds. The van der Waals surface area contributed by atoms with E-state index in [9.17, 15) is 18.0 Å². The van der Waals surface area contributed by atoms with Crippen LogP contribution in [0.2, 0.25) is 0 Å². The lowest BCUT2D eigenvalue weighted by molar-refractivity contribution is -0.148. The Hall–Kier alpha value is -1.93. The Balaban J connectivity index is 3.04. The van der Waals surface area contributed by atoms with Gasteiger partial charge in [-0.05, 0) is 30.0 Å². The lowest BCUT2D eigenvalue weighted by Crippen LogP contribution is -2.45. The monoisotopic (exact) mass is 412 g/mol. The van der Waals surface area contributed by atoms with Crippen LogP contribution in [0.25, 0.3) is 0 Å². The van der Waals surface area contributed by atoms with Crippen LogP contribution in [0, 0.1) is 11.8 Å². The first-order valence-electron chi connectivity index (χ1n) is 9.62. The predicted molar refractivity (Wildman–Crippen MR) is 108 cm³/mol. The molecule has 1 aromatic rings. The van der Waals surface area contributed by atoms with Crippen LogP contribution in [-0.2, 0) is 19.6 Å². The largest absolute Gasteiger partial charge is 0.464 e. The molecular weight excluding hydrogens is 380 g/mol. The van der Waals surface area contributed by atoms with Gasteiger partial charge in [-0.2, -0.15) is 4.31 Å². The SMILES string of the molecule is CCN(CC)S(=O)(=O)c1cccc(C(=O)N[C@H](C(=O)OCC(C)C)C(C)C)c1. The van der Waals surface area contributed by atoms with Crippen molar-refractivity contribution in [2.45, 2.75) is 52.5 Å². The number of sulfonamides is 1. The summed E-state index contributed by atoms with van der Waals surface area (Å²) in [5.41, 5.74) is 0.176. The fourth-order valence-electron chi connectivity index (χ4n) is 2.57. The van der Waals surface area contributed by atoms with E-state index in [2.05, 4.69) is 5.32 Å². The molecule has 0 spiro atoms. The van der Waals surface area contributed by atoms with Crippen molar-refractivity contribution in [3.05, 3.63) is 29.8 Å². The number of benzene rings is 1. The summed E-state index contributed by atoms with van der Waals surface area (Å²) < 4.78 is 31.9. The minimum Gasteiger partial charge on any atom is -0.464 e. The normalized spacial score (nSPS) is 13.0. The first-order chi connectivity index (χ1) is 13.0. The highest BCUT2D eigenvalue weighted by atomic mass is 32.2. The molecule has 0 fully saturated rings. The summed E-state index contributed by atoms with van der Waals surface area (Å²) in [6.07, 6.45) is 0. The summed E-state index contributed by atoms with van der Waals surface area (Å²) >= 11 is 0. The number of rotatable bonds is 10. The number of ether oxygens (including phenoxy) is 1. The predicted octanol–water partition coefficient (Wildman–Crippen LogP) is 2.67. The number of hydrogen-bond donors (Lipinski definition) is 1. The molecule has 1 rings (SSSR count). The third-order valence-electron chi connectivity index (χ3n) is 4.21. The second kappa shape index (κ2) is 10.6. The van der Waals surface area contributed by atoms with Gasteiger partial charge in [-0.25, -0.2) is 13.2 Å². The standard InChI is InChI=1S/C20H32N2O5S/c1-7-22(8-2)28(25,26)17-11-9-10-16(12-17)19(23)21-18(15(5)6)20(24)27-13-14(3)4/h9-12,14-15,18H,7-8,13H2,1-6H3,(H,21,23)/t18-/m0/s1. The maximum Gasteiger partial charge on any atom is 0.328 e. The van der Waals surface area contributed by atoms with Crippen molar-refractivity contribution in [2.24, 2.45) is 11.8 Å². The number of carbonyl (C=O) groups is 2. The molecule has 0 aliphatic rings. The molecule has 0 radical (unpaired) electrons. The summed E-state index contributed by atoms with van der Waals surface area (Å²) in [6, 6.07) is 5.02. The van der Waals surface area contributed by atoms with E-state index >= 15 is 0 Å². The summed E-state index contributed by atoms with van der Waals surface area (Å²) in [4.78, 5) is 25.0. The number of hydrogen-bond acceptors (Lipinski definition) is 5. The van der Waals surface area contributed by atoms with E-state index in [1.54, 1.807) is 13.8 Å². The van der Waals surface area contributed by atoms with Crippen LogP contribution in [0.3, 0.4) is 0 Å². The van der Waals surface area contributed by atoms with Crippen molar-refractivity contribution in [1.29, 1.82) is 0 Å². The molecule has 0 saturated carbocycles. The van der Waals surface area contributed by atoms with Gasteiger partial charge in [0.05, 0.1) is 11.5 Å². The first kappa shape index (κ1) is 24.1. The molecule has 0 aromatic heterocycles.